The largest absolute Gasteiger partial charge is 0.379 e. The number of hydrogen-bond acceptors (Lipinski definition) is 6. The van der Waals surface area contributed by atoms with Gasteiger partial charge in [0, 0.05) is 39.1 Å². The van der Waals surface area contributed by atoms with Crippen LogP contribution in [-0.4, -0.2) is 64.0 Å². The lowest BCUT2D eigenvalue weighted by Gasteiger charge is -2.32. The van der Waals surface area contributed by atoms with Crippen LogP contribution >= 0.6 is 0 Å². The van der Waals surface area contributed by atoms with Crippen molar-refractivity contribution < 1.29 is 4.74 Å². The Hall–Kier alpha value is -2.27. The Bertz CT molecular complexity index is 836. The summed E-state index contributed by atoms with van der Waals surface area (Å²) in [5.74, 6) is 2.54. The van der Waals surface area contributed by atoms with E-state index in [9.17, 15) is 0 Å². The van der Waals surface area contributed by atoms with Crippen LogP contribution in [0.3, 0.4) is 0 Å². The Labute approximate surface area is 166 Å². The minimum Gasteiger partial charge on any atom is -0.379 e. The Balaban J connectivity index is 1.41. The summed E-state index contributed by atoms with van der Waals surface area (Å²) >= 11 is 0. The van der Waals surface area contributed by atoms with E-state index in [-0.39, 0.29) is 0 Å². The highest BCUT2D eigenvalue weighted by molar-refractivity contribution is 5.32. The van der Waals surface area contributed by atoms with Crippen molar-refractivity contribution in [1.82, 2.24) is 24.6 Å². The molecule has 28 heavy (non-hydrogen) atoms. The van der Waals surface area contributed by atoms with Crippen molar-refractivity contribution in [2.45, 2.75) is 31.8 Å². The van der Waals surface area contributed by atoms with Crippen LogP contribution in [0, 0.1) is 11.3 Å². The normalized spacial score (nSPS) is 21.5. The van der Waals surface area contributed by atoms with Crippen molar-refractivity contribution in [3.8, 4) is 6.07 Å². The molecule has 1 aromatic heterocycles. The first-order valence-corrected chi connectivity index (χ1v) is 10.1. The van der Waals surface area contributed by atoms with Crippen LogP contribution < -0.4 is 0 Å². The summed E-state index contributed by atoms with van der Waals surface area (Å²) < 4.78 is 7.63. The van der Waals surface area contributed by atoms with E-state index in [0.29, 0.717) is 5.92 Å². The van der Waals surface area contributed by atoms with Gasteiger partial charge in [0.2, 0.25) is 0 Å². The van der Waals surface area contributed by atoms with E-state index < -0.39 is 0 Å². The number of aromatic nitrogens is 3. The maximum atomic E-state index is 9.12. The second kappa shape index (κ2) is 8.82. The zero-order valence-corrected chi connectivity index (χ0v) is 16.5. The molecule has 1 atom stereocenters. The van der Waals surface area contributed by atoms with E-state index >= 15 is 0 Å². The summed E-state index contributed by atoms with van der Waals surface area (Å²) in [5, 5.41) is 18.2. The molecule has 0 unspecified atom stereocenters. The highest BCUT2D eigenvalue weighted by Gasteiger charge is 2.26. The summed E-state index contributed by atoms with van der Waals surface area (Å²) in [6, 6.07) is 10.2. The molecule has 1 aromatic carbocycles. The molecule has 2 aliphatic rings. The highest BCUT2D eigenvalue weighted by Crippen LogP contribution is 2.27. The minimum atomic E-state index is 0.406. The number of ether oxygens (including phenoxy) is 1. The van der Waals surface area contributed by atoms with Gasteiger partial charge < -0.3 is 9.30 Å². The third-order valence-corrected chi connectivity index (χ3v) is 5.80. The monoisotopic (exact) mass is 380 g/mol. The summed E-state index contributed by atoms with van der Waals surface area (Å²) in [5.41, 5.74) is 1.93. The van der Waals surface area contributed by atoms with Crippen LogP contribution in [0.2, 0.25) is 0 Å². The summed E-state index contributed by atoms with van der Waals surface area (Å²) in [4.78, 5) is 4.85. The van der Waals surface area contributed by atoms with Crippen LogP contribution in [0.4, 0.5) is 0 Å². The lowest BCUT2D eigenvalue weighted by molar-refractivity contribution is 0.0326. The molecule has 2 aliphatic heterocycles. The third kappa shape index (κ3) is 4.41. The topological polar surface area (TPSA) is 70.2 Å². The molecule has 2 saturated heterocycles. The number of likely N-dealkylation sites (tertiary alicyclic amines) is 1. The Morgan fingerprint density at radius 2 is 2.00 bits per heavy atom. The lowest BCUT2D eigenvalue weighted by Crippen LogP contribution is -2.36. The predicted octanol–water partition coefficient (Wildman–Crippen LogP) is 1.90. The SMILES string of the molecule is Cn1c(CN2CCOCC2)nnc1[C@H]1CCCN(Cc2cccc(C#N)c2)C1. The molecule has 148 valence electrons. The maximum Gasteiger partial charge on any atom is 0.146 e. The molecular weight excluding hydrogens is 352 g/mol. The van der Waals surface area contributed by atoms with E-state index in [4.69, 9.17) is 10.00 Å². The number of rotatable bonds is 5. The van der Waals surface area contributed by atoms with Gasteiger partial charge in [-0.25, -0.2) is 0 Å². The van der Waals surface area contributed by atoms with Gasteiger partial charge in [0.25, 0.3) is 0 Å². The molecule has 3 heterocycles. The van der Waals surface area contributed by atoms with Gasteiger partial charge in [-0.15, -0.1) is 10.2 Å². The molecule has 0 amide bonds. The molecule has 2 fully saturated rings. The third-order valence-electron chi connectivity index (χ3n) is 5.80. The molecule has 0 N–H and O–H groups in total. The van der Waals surface area contributed by atoms with Crippen LogP contribution in [0.5, 0.6) is 0 Å². The van der Waals surface area contributed by atoms with E-state index in [0.717, 1.165) is 82.5 Å². The number of nitriles is 1. The molecule has 0 bridgehead atoms. The number of piperidine rings is 1. The minimum absolute atomic E-state index is 0.406. The van der Waals surface area contributed by atoms with Gasteiger partial charge in [-0.3, -0.25) is 9.80 Å². The van der Waals surface area contributed by atoms with Gasteiger partial charge in [-0.05, 0) is 37.1 Å². The van der Waals surface area contributed by atoms with Crippen molar-refractivity contribution in [1.29, 1.82) is 5.26 Å². The Kier molecular flexibility index (Phi) is 6.01. The molecule has 4 rings (SSSR count). The first kappa shape index (κ1) is 19.1. The maximum absolute atomic E-state index is 9.12. The number of hydrogen-bond donors (Lipinski definition) is 0. The van der Waals surface area contributed by atoms with Crippen LogP contribution in [0.15, 0.2) is 24.3 Å². The predicted molar refractivity (Wildman–Crippen MR) is 106 cm³/mol. The Morgan fingerprint density at radius 1 is 1.14 bits per heavy atom. The smallest absolute Gasteiger partial charge is 0.146 e. The number of nitrogens with zero attached hydrogens (tertiary/aromatic N) is 6. The first-order valence-electron chi connectivity index (χ1n) is 10.1. The van der Waals surface area contributed by atoms with E-state index in [1.807, 2.05) is 18.2 Å². The summed E-state index contributed by atoms with van der Waals surface area (Å²) in [7, 11) is 2.10. The highest BCUT2D eigenvalue weighted by atomic mass is 16.5. The molecule has 0 spiro atoms. The van der Waals surface area contributed by atoms with Gasteiger partial charge >= 0.3 is 0 Å². The fourth-order valence-electron chi connectivity index (χ4n) is 4.24. The van der Waals surface area contributed by atoms with Crippen molar-refractivity contribution in [2.75, 3.05) is 39.4 Å². The molecule has 0 aliphatic carbocycles. The number of benzene rings is 1. The van der Waals surface area contributed by atoms with Crippen LogP contribution in [0.1, 0.15) is 41.5 Å². The second-order valence-electron chi connectivity index (χ2n) is 7.81. The van der Waals surface area contributed by atoms with E-state index in [1.54, 1.807) is 0 Å². The van der Waals surface area contributed by atoms with Crippen molar-refractivity contribution in [2.24, 2.45) is 7.05 Å². The molecule has 2 aromatic rings. The molecule has 0 saturated carbocycles. The quantitative estimate of drug-likeness (QED) is 0.789. The second-order valence-corrected chi connectivity index (χ2v) is 7.81. The summed E-state index contributed by atoms with van der Waals surface area (Å²) in [6.07, 6.45) is 2.31. The lowest BCUT2D eigenvalue weighted by atomic mass is 9.96. The van der Waals surface area contributed by atoms with Crippen LogP contribution in [0.25, 0.3) is 0 Å². The zero-order chi connectivity index (χ0) is 19.3. The van der Waals surface area contributed by atoms with Gasteiger partial charge in [0.15, 0.2) is 0 Å². The van der Waals surface area contributed by atoms with Gasteiger partial charge in [0.05, 0.1) is 31.4 Å². The van der Waals surface area contributed by atoms with Gasteiger partial charge in [-0.2, -0.15) is 5.26 Å². The molecule has 7 nitrogen and oxygen atoms in total. The molecular formula is C21H28N6O. The standard InChI is InChI=1S/C21H28N6O/c1-25-20(16-26-8-10-28-11-9-26)23-24-21(25)19-6-3-7-27(15-19)14-18-5-2-4-17(12-18)13-22/h2,4-5,12,19H,3,6-11,14-16H2,1H3/t19-/m0/s1. The van der Waals surface area contributed by atoms with Crippen molar-refractivity contribution >= 4 is 0 Å². The average Bonchev–Trinajstić information content (AvgIpc) is 3.09. The molecule has 7 heteroatoms. The average molecular weight is 380 g/mol. The molecule has 0 radical (unpaired) electrons. The van der Waals surface area contributed by atoms with Crippen molar-refractivity contribution in [3.63, 3.8) is 0 Å². The van der Waals surface area contributed by atoms with Gasteiger partial charge in [-0.1, -0.05) is 12.1 Å². The first-order chi connectivity index (χ1) is 13.7. The van der Waals surface area contributed by atoms with E-state index in [2.05, 4.69) is 43.7 Å². The van der Waals surface area contributed by atoms with E-state index in [1.165, 1.54) is 5.56 Å². The summed E-state index contributed by atoms with van der Waals surface area (Å²) in [6.45, 7) is 7.31. The Morgan fingerprint density at radius 3 is 2.82 bits per heavy atom. The zero-order valence-electron chi connectivity index (χ0n) is 16.5. The van der Waals surface area contributed by atoms with Crippen LogP contribution in [-0.2, 0) is 24.9 Å². The van der Waals surface area contributed by atoms with Gasteiger partial charge in [0.1, 0.15) is 11.6 Å². The van der Waals surface area contributed by atoms with Crippen molar-refractivity contribution in [3.05, 3.63) is 47.0 Å². The fraction of sp³-hybridized carbons (Fsp3) is 0.571. The fourth-order valence-corrected chi connectivity index (χ4v) is 4.24. The number of morpholine rings is 1.